The maximum atomic E-state index is 13.2. The maximum Gasteiger partial charge on any atom is 0.142 e. The van der Waals surface area contributed by atoms with E-state index >= 15 is 0 Å². The number of rotatable bonds is 2. The molecule has 2 aromatic rings. The third kappa shape index (κ3) is 2.23. The molecule has 0 atom stereocenters. The Kier molecular flexibility index (Phi) is 3.00. The van der Waals surface area contributed by atoms with Crippen LogP contribution in [0.4, 0.5) is 4.39 Å². The highest BCUT2D eigenvalue weighted by Crippen LogP contribution is 2.37. The Balaban J connectivity index is 2.03. The highest BCUT2D eigenvalue weighted by molar-refractivity contribution is 6.29. The van der Waals surface area contributed by atoms with Crippen molar-refractivity contribution >= 4 is 11.6 Å². The van der Waals surface area contributed by atoms with Crippen molar-refractivity contribution in [3.8, 4) is 11.1 Å². The molecule has 92 valence electrons. The van der Waals surface area contributed by atoms with E-state index in [4.69, 9.17) is 11.6 Å². The number of halogens is 2. The molecule has 0 N–H and O–H groups in total. The second-order valence-corrected chi connectivity index (χ2v) is 5.01. The third-order valence-electron chi connectivity index (χ3n) is 3.38. The van der Waals surface area contributed by atoms with Crippen molar-refractivity contribution in [1.82, 2.24) is 9.97 Å². The summed E-state index contributed by atoms with van der Waals surface area (Å²) in [5, 5.41) is 0.457. The van der Waals surface area contributed by atoms with Gasteiger partial charge in [0.15, 0.2) is 0 Å². The van der Waals surface area contributed by atoms with Crippen molar-refractivity contribution in [3.05, 3.63) is 47.3 Å². The molecule has 0 aliphatic heterocycles. The first kappa shape index (κ1) is 11.6. The van der Waals surface area contributed by atoms with Gasteiger partial charge in [0.1, 0.15) is 11.0 Å². The normalized spacial score (nSPS) is 15.4. The predicted octanol–water partition coefficient (Wildman–Crippen LogP) is 4.20. The van der Waals surface area contributed by atoms with Crippen molar-refractivity contribution in [2.45, 2.75) is 25.2 Å². The van der Waals surface area contributed by atoms with Crippen LogP contribution in [0.25, 0.3) is 11.1 Å². The molecule has 0 radical (unpaired) electrons. The van der Waals surface area contributed by atoms with Gasteiger partial charge in [0.25, 0.3) is 0 Å². The van der Waals surface area contributed by atoms with Gasteiger partial charge in [-0.2, -0.15) is 0 Å². The Morgan fingerprint density at radius 3 is 2.61 bits per heavy atom. The molecule has 0 bridgehead atoms. The molecule has 0 unspecified atom stereocenters. The highest BCUT2D eigenvalue weighted by Gasteiger charge is 2.21. The monoisotopic (exact) mass is 262 g/mol. The van der Waals surface area contributed by atoms with E-state index < -0.39 is 0 Å². The van der Waals surface area contributed by atoms with Crippen LogP contribution >= 0.6 is 11.6 Å². The molecule has 2 heterocycles. The van der Waals surface area contributed by atoms with E-state index in [1.54, 1.807) is 12.3 Å². The largest absolute Gasteiger partial charge is 0.261 e. The van der Waals surface area contributed by atoms with Crippen LogP contribution < -0.4 is 0 Å². The molecule has 1 aliphatic rings. The molecule has 2 aromatic heterocycles. The summed E-state index contributed by atoms with van der Waals surface area (Å²) in [6, 6.07) is 5.20. The second-order valence-electron chi connectivity index (χ2n) is 4.62. The molecule has 1 aliphatic carbocycles. The van der Waals surface area contributed by atoms with Gasteiger partial charge >= 0.3 is 0 Å². The fourth-order valence-corrected chi connectivity index (χ4v) is 2.38. The van der Waals surface area contributed by atoms with E-state index in [0.29, 0.717) is 11.1 Å². The molecule has 3 rings (SSSR count). The minimum atomic E-state index is -0.342. The standard InChI is InChI=1S/C14H12ClFN2/c15-14-6-10(11-4-12(16)8-17-7-11)5-13(18-14)9-2-1-3-9/h4-9H,1-3H2. The van der Waals surface area contributed by atoms with Gasteiger partial charge in [0, 0.05) is 23.4 Å². The Bertz CT molecular complexity index is 582. The van der Waals surface area contributed by atoms with E-state index in [9.17, 15) is 4.39 Å². The second kappa shape index (κ2) is 4.65. The molecular formula is C14H12ClFN2. The number of aromatic nitrogens is 2. The van der Waals surface area contributed by atoms with Crippen LogP contribution in [0.15, 0.2) is 30.6 Å². The number of nitrogens with zero attached hydrogens (tertiary/aromatic N) is 2. The van der Waals surface area contributed by atoms with Gasteiger partial charge in [-0.1, -0.05) is 18.0 Å². The van der Waals surface area contributed by atoms with E-state index in [0.717, 1.165) is 29.7 Å². The quantitative estimate of drug-likeness (QED) is 0.758. The zero-order valence-electron chi connectivity index (χ0n) is 9.74. The molecule has 0 amide bonds. The maximum absolute atomic E-state index is 13.2. The zero-order chi connectivity index (χ0) is 12.5. The fraction of sp³-hybridized carbons (Fsp3) is 0.286. The molecule has 0 saturated heterocycles. The van der Waals surface area contributed by atoms with E-state index in [1.165, 1.54) is 18.7 Å². The van der Waals surface area contributed by atoms with Crippen LogP contribution in [-0.2, 0) is 0 Å². The van der Waals surface area contributed by atoms with Crippen LogP contribution in [-0.4, -0.2) is 9.97 Å². The van der Waals surface area contributed by atoms with Gasteiger partial charge in [-0.05, 0) is 36.6 Å². The first-order valence-corrected chi connectivity index (χ1v) is 6.38. The minimum Gasteiger partial charge on any atom is -0.261 e. The smallest absolute Gasteiger partial charge is 0.142 e. The molecule has 0 aromatic carbocycles. The summed E-state index contributed by atoms with van der Waals surface area (Å²) in [6.45, 7) is 0. The summed E-state index contributed by atoms with van der Waals surface area (Å²) >= 11 is 6.04. The summed E-state index contributed by atoms with van der Waals surface area (Å²) < 4.78 is 13.2. The third-order valence-corrected chi connectivity index (χ3v) is 3.57. The average molecular weight is 263 g/mol. The lowest BCUT2D eigenvalue weighted by Gasteiger charge is -2.25. The van der Waals surface area contributed by atoms with Gasteiger partial charge in [-0.25, -0.2) is 9.37 Å². The van der Waals surface area contributed by atoms with Gasteiger partial charge in [0.05, 0.1) is 6.20 Å². The molecule has 1 fully saturated rings. The first-order chi connectivity index (χ1) is 8.72. The lowest BCUT2D eigenvalue weighted by atomic mass is 9.82. The first-order valence-electron chi connectivity index (χ1n) is 6.01. The lowest BCUT2D eigenvalue weighted by molar-refractivity contribution is 0.411. The van der Waals surface area contributed by atoms with Crippen LogP contribution in [0.3, 0.4) is 0 Å². The van der Waals surface area contributed by atoms with E-state index in [1.807, 2.05) is 6.07 Å². The molecule has 1 saturated carbocycles. The average Bonchev–Trinajstić information content (AvgIpc) is 2.26. The SMILES string of the molecule is Fc1cncc(-c2cc(Cl)nc(C3CCC3)c2)c1. The van der Waals surface area contributed by atoms with Crippen LogP contribution in [0.1, 0.15) is 30.9 Å². The topological polar surface area (TPSA) is 25.8 Å². The number of hydrogen-bond acceptors (Lipinski definition) is 2. The van der Waals surface area contributed by atoms with Crippen molar-refractivity contribution in [1.29, 1.82) is 0 Å². The predicted molar refractivity (Wildman–Crippen MR) is 69.0 cm³/mol. The summed E-state index contributed by atoms with van der Waals surface area (Å²) in [5.74, 6) is 0.162. The van der Waals surface area contributed by atoms with Gasteiger partial charge in [0.2, 0.25) is 0 Å². The van der Waals surface area contributed by atoms with E-state index in [-0.39, 0.29) is 5.82 Å². The summed E-state index contributed by atoms with van der Waals surface area (Å²) in [5.41, 5.74) is 2.62. The lowest BCUT2D eigenvalue weighted by Crippen LogP contribution is -2.10. The van der Waals surface area contributed by atoms with Crippen LogP contribution in [0, 0.1) is 5.82 Å². The Labute approximate surface area is 110 Å². The molecule has 0 spiro atoms. The number of pyridine rings is 2. The van der Waals surface area contributed by atoms with Crippen molar-refractivity contribution in [3.63, 3.8) is 0 Å². The fourth-order valence-electron chi connectivity index (χ4n) is 2.17. The summed E-state index contributed by atoms with van der Waals surface area (Å²) in [7, 11) is 0. The van der Waals surface area contributed by atoms with Crippen LogP contribution in [0.2, 0.25) is 5.15 Å². The minimum absolute atomic E-state index is 0.342. The molecule has 2 nitrogen and oxygen atoms in total. The van der Waals surface area contributed by atoms with Crippen LogP contribution in [0.5, 0.6) is 0 Å². The van der Waals surface area contributed by atoms with E-state index in [2.05, 4.69) is 9.97 Å². The summed E-state index contributed by atoms with van der Waals surface area (Å²) in [6.07, 6.45) is 6.40. The Morgan fingerprint density at radius 2 is 1.94 bits per heavy atom. The van der Waals surface area contributed by atoms with Gasteiger partial charge in [-0.15, -0.1) is 0 Å². The Morgan fingerprint density at radius 1 is 1.11 bits per heavy atom. The molecular weight excluding hydrogens is 251 g/mol. The summed E-state index contributed by atoms with van der Waals surface area (Å²) in [4.78, 5) is 8.22. The van der Waals surface area contributed by atoms with Crippen molar-refractivity contribution in [2.75, 3.05) is 0 Å². The molecule has 4 heteroatoms. The van der Waals surface area contributed by atoms with Gasteiger partial charge < -0.3 is 0 Å². The highest BCUT2D eigenvalue weighted by atomic mass is 35.5. The van der Waals surface area contributed by atoms with Gasteiger partial charge in [-0.3, -0.25) is 4.98 Å². The van der Waals surface area contributed by atoms with Crippen molar-refractivity contribution in [2.24, 2.45) is 0 Å². The molecule has 18 heavy (non-hydrogen) atoms. The number of hydrogen-bond donors (Lipinski definition) is 0. The van der Waals surface area contributed by atoms with Crippen molar-refractivity contribution < 1.29 is 4.39 Å². The zero-order valence-corrected chi connectivity index (χ0v) is 10.5. The Hall–Kier alpha value is -1.48.